The number of carbonyl (C=O) groups excluding carboxylic acids is 2. The Labute approximate surface area is 197 Å². The summed E-state index contributed by atoms with van der Waals surface area (Å²) < 4.78 is 13.8. The number of nitrogens with one attached hydrogen (secondary N) is 3. The number of benzene rings is 1. The maximum absolute atomic E-state index is 13.8. The van der Waals surface area contributed by atoms with Crippen LogP contribution >= 0.6 is 0 Å². The van der Waals surface area contributed by atoms with Crippen LogP contribution in [-0.2, 0) is 4.79 Å². The number of halogens is 1. The minimum absolute atomic E-state index is 0.0276. The lowest BCUT2D eigenvalue weighted by Gasteiger charge is -2.19. The van der Waals surface area contributed by atoms with E-state index in [-0.39, 0.29) is 17.9 Å². The standard InChI is InChI=1S/C26H26FN5O2/c1-14-4-6-19(12-28-14)32-9-8-18(13-32)30-26(34)24-15(2)23(29-16(24)3)11-21-20-10-17(27)5-7-22(20)31-25(21)33/h4-7,10-12,18,29H,8-9,13H2,1-3H3,(H,30,34)(H,31,33)/t18-/m0/s1. The molecule has 2 aliphatic rings. The molecule has 2 aliphatic heterocycles. The fraction of sp³-hybridized carbons (Fsp3) is 0.269. The lowest BCUT2D eigenvalue weighted by molar-refractivity contribution is -0.110. The normalized spacial score (nSPS) is 18.4. The van der Waals surface area contributed by atoms with Gasteiger partial charge >= 0.3 is 0 Å². The number of hydrogen-bond donors (Lipinski definition) is 3. The van der Waals surface area contributed by atoms with E-state index in [0.29, 0.717) is 28.1 Å². The molecule has 5 rings (SSSR count). The second kappa shape index (κ2) is 8.44. The van der Waals surface area contributed by atoms with E-state index in [2.05, 4.69) is 31.6 Å². The molecule has 3 N–H and O–H groups in total. The zero-order valence-corrected chi connectivity index (χ0v) is 19.3. The third-order valence-corrected chi connectivity index (χ3v) is 6.54. The Bertz CT molecular complexity index is 1330. The molecule has 1 atom stereocenters. The highest BCUT2D eigenvalue weighted by Crippen LogP contribution is 2.34. The Hall–Kier alpha value is -3.94. The minimum Gasteiger partial charge on any atom is -0.368 e. The molecular formula is C26H26FN5O2. The van der Waals surface area contributed by atoms with E-state index < -0.39 is 5.82 Å². The molecule has 8 heteroatoms. The van der Waals surface area contributed by atoms with Crippen LogP contribution in [0.2, 0.25) is 0 Å². The Morgan fingerprint density at radius 1 is 1.24 bits per heavy atom. The van der Waals surface area contributed by atoms with Gasteiger partial charge in [0.2, 0.25) is 0 Å². The van der Waals surface area contributed by atoms with Crippen LogP contribution in [0, 0.1) is 26.6 Å². The number of nitrogens with zero attached hydrogens (tertiary/aromatic N) is 2. The lowest BCUT2D eigenvalue weighted by atomic mass is 10.0. The zero-order valence-electron chi connectivity index (χ0n) is 19.3. The number of anilines is 2. The highest BCUT2D eigenvalue weighted by atomic mass is 19.1. The van der Waals surface area contributed by atoms with Crippen molar-refractivity contribution >= 4 is 34.8 Å². The van der Waals surface area contributed by atoms with E-state index in [1.807, 2.05) is 33.0 Å². The summed E-state index contributed by atoms with van der Waals surface area (Å²) in [5, 5.41) is 5.91. The van der Waals surface area contributed by atoms with Gasteiger partial charge in [0.1, 0.15) is 5.82 Å². The van der Waals surface area contributed by atoms with Crippen LogP contribution in [0.4, 0.5) is 15.8 Å². The predicted molar refractivity (Wildman–Crippen MR) is 130 cm³/mol. The van der Waals surface area contributed by atoms with Gasteiger partial charge in [0, 0.05) is 47.5 Å². The quantitative estimate of drug-likeness (QED) is 0.515. The van der Waals surface area contributed by atoms with E-state index in [1.165, 1.54) is 12.1 Å². The van der Waals surface area contributed by atoms with Crippen LogP contribution in [0.15, 0.2) is 36.5 Å². The highest BCUT2D eigenvalue weighted by molar-refractivity contribution is 6.34. The minimum atomic E-state index is -0.410. The fourth-order valence-corrected chi connectivity index (χ4v) is 4.72. The molecule has 34 heavy (non-hydrogen) atoms. The topological polar surface area (TPSA) is 90.1 Å². The van der Waals surface area contributed by atoms with Gasteiger partial charge in [-0.2, -0.15) is 0 Å². The highest BCUT2D eigenvalue weighted by Gasteiger charge is 2.28. The van der Waals surface area contributed by atoms with Crippen LogP contribution in [0.1, 0.15) is 45.0 Å². The van der Waals surface area contributed by atoms with E-state index >= 15 is 0 Å². The average molecular weight is 460 g/mol. The van der Waals surface area contributed by atoms with Gasteiger partial charge in [-0.3, -0.25) is 14.6 Å². The molecular weight excluding hydrogens is 433 g/mol. The number of rotatable bonds is 4. The number of hydrogen-bond acceptors (Lipinski definition) is 4. The second-order valence-corrected chi connectivity index (χ2v) is 8.93. The third-order valence-electron chi connectivity index (χ3n) is 6.54. The van der Waals surface area contributed by atoms with Gasteiger partial charge in [-0.25, -0.2) is 4.39 Å². The maximum Gasteiger partial charge on any atom is 0.256 e. The molecule has 0 aliphatic carbocycles. The van der Waals surface area contributed by atoms with Crippen molar-refractivity contribution in [1.82, 2.24) is 15.3 Å². The SMILES string of the molecule is Cc1ccc(N2CC[C@H](NC(=O)c3c(C)[nH]c(C=C4C(=O)Nc5ccc(F)cc54)c3C)C2)cn1. The third kappa shape index (κ3) is 3.96. The van der Waals surface area contributed by atoms with Crippen LogP contribution in [0.25, 0.3) is 11.6 Å². The Morgan fingerprint density at radius 3 is 2.82 bits per heavy atom. The molecule has 174 valence electrons. The molecule has 0 saturated carbocycles. The number of carbonyl (C=O) groups is 2. The fourth-order valence-electron chi connectivity index (χ4n) is 4.72. The molecule has 7 nitrogen and oxygen atoms in total. The molecule has 0 spiro atoms. The number of H-pyrrole nitrogens is 1. The van der Waals surface area contributed by atoms with Crippen molar-refractivity contribution in [3.05, 3.63) is 76.1 Å². The molecule has 1 fully saturated rings. The molecule has 0 radical (unpaired) electrons. The van der Waals surface area contributed by atoms with Gasteiger partial charge in [-0.05, 0) is 69.2 Å². The number of aromatic nitrogens is 2. The molecule has 1 aromatic carbocycles. The van der Waals surface area contributed by atoms with Gasteiger partial charge in [-0.15, -0.1) is 0 Å². The van der Waals surface area contributed by atoms with Crippen LogP contribution in [0.3, 0.4) is 0 Å². The summed E-state index contributed by atoms with van der Waals surface area (Å²) in [6.45, 7) is 7.22. The monoisotopic (exact) mass is 459 g/mol. The zero-order chi connectivity index (χ0) is 24.0. The van der Waals surface area contributed by atoms with Crippen molar-refractivity contribution in [1.29, 1.82) is 0 Å². The summed E-state index contributed by atoms with van der Waals surface area (Å²) in [7, 11) is 0. The predicted octanol–water partition coefficient (Wildman–Crippen LogP) is 3.98. The molecule has 1 saturated heterocycles. The van der Waals surface area contributed by atoms with Crippen LogP contribution in [-0.4, -0.2) is 40.9 Å². The van der Waals surface area contributed by atoms with E-state index in [0.717, 1.165) is 42.1 Å². The largest absolute Gasteiger partial charge is 0.368 e. The van der Waals surface area contributed by atoms with Crippen LogP contribution in [0.5, 0.6) is 0 Å². The first kappa shape index (κ1) is 21.9. The summed E-state index contributed by atoms with van der Waals surface area (Å²) in [5.74, 6) is -0.852. The van der Waals surface area contributed by atoms with Gasteiger partial charge in [-0.1, -0.05) is 0 Å². The van der Waals surface area contributed by atoms with Crippen molar-refractivity contribution in [3.8, 4) is 0 Å². The van der Waals surface area contributed by atoms with Crippen molar-refractivity contribution < 1.29 is 14.0 Å². The van der Waals surface area contributed by atoms with Gasteiger partial charge in [0.05, 0.1) is 23.0 Å². The van der Waals surface area contributed by atoms with Crippen molar-refractivity contribution in [2.75, 3.05) is 23.3 Å². The van der Waals surface area contributed by atoms with Crippen molar-refractivity contribution in [3.63, 3.8) is 0 Å². The van der Waals surface area contributed by atoms with Gasteiger partial charge in [0.15, 0.2) is 0 Å². The van der Waals surface area contributed by atoms with Crippen molar-refractivity contribution in [2.45, 2.75) is 33.2 Å². The number of pyridine rings is 1. The summed E-state index contributed by atoms with van der Waals surface area (Å²) in [4.78, 5) is 35.5. The number of amides is 2. The average Bonchev–Trinajstić information content (AvgIpc) is 3.46. The smallest absolute Gasteiger partial charge is 0.256 e. The summed E-state index contributed by atoms with van der Waals surface area (Å²) in [5.41, 5.74) is 6.17. The van der Waals surface area contributed by atoms with Gasteiger partial charge in [0.25, 0.3) is 11.8 Å². The molecule has 0 unspecified atom stereocenters. The number of fused-ring (bicyclic) bond motifs is 1. The molecule has 4 heterocycles. The Balaban J connectivity index is 1.34. The van der Waals surface area contributed by atoms with E-state index in [9.17, 15) is 14.0 Å². The maximum atomic E-state index is 13.8. The summed E-state index contributed by atoms with van der Waals surface area (Å²) >= 11 is 0. The molecule has 2 amide bonds. The molecule has 2 aromatic heterocycles. The first-order chi connectivity index (χ1) is 16.3. The van der Waals surface area contributed by atoms with Crippen molar-refractivity contribution in [2.24, 2.45) is 0 Å². The Morgan fingerprint density at radius 2 is 2.06 bits per heavy atom. The summed E-state index contributed by atoms with van der Waals surface area (Å²) in [6, 6.07) is 8.27. The van der Waals surface area contributed by atoms with E-state index in [1.54, 1.807) is 12.1 Å². The molecule has 0 bridgehead atoms. The molecule has 3 aromatic rings. The lowest BCUT2D eigenvalue weighted by Crippen LogP contribution is -2.37. The van der Waals surface area contributed by atoms with E-state index in [4.69, 9.17) is 0 Å². The first-order valence-electron chi connectivity index (χ1n) is 11.3. The Kier molecular flexibility index (Phi) is 5.43. The van der Waals surface area contributed by atoms with Gasteiger partial charge < -0.3 is 20.5 Å². The van der Waals surface area contributed by atoms with Crippen LogP contribution < -0.4 is 15.5 Å². The summed E-state index contributed by atoms with van der Waals surface area (Å²) in [6.07, 6.45) is 4.39. The number of aromatic amines is 1. The number of aryl methyl sites for hydroxylation is 2. The first-order valence-corrected chi connectivity index (χ1v) is 11.3. The second-order valence-electron chi connectivity index (χ2n) is 8.93.